The molecule has 0 heterocycles. The number of fused-ring (bicyclic) bond motifs is 8. The first-order valence-electron chi connectivity index (χ1n) is 29.3. The summed E-state index contributed by atoms with van der Waals surface area (Å²) in [6.45, 7) is 0. The maximum atomic E-state index is 2.65. The zero-order valence-electron chi connectivity index (χ0n) is 46.3. The van der Waals surface area contributed by atoms with Crippen LogP contribution >= 0.6 is 0 Å². The number of benzene rings is 14. The molecule has 0 atom stereocenters. The molecule has 2 aliphatic rings. The molecule has 84 heavy (non-hydrogen) atoms. The zero-order valence-corrected chi connectivity index (χ0v) is 46.3. The largest absolute Gasteiger partial charge is 0.0714 e. The van der Waals surface area contributed by atoms with Crippen molar-refractivity contribution in [3.8, 4) is 89.0 Å². The number of hydrogen-bond donors (Lipinski definition) is 0. The fourth-order valence-corrected chi connectivity index (χ4v) is 14.4. The van der Waals surface area contributed by atoms with E-state index in [4.69, 9.17) is 0 Å². The van der Waals surface area contributed by atoms with Crippen molar-refractivity contribution in [2.75, 3.05) is 0 Å². The Labute approximate surface area is 492 Å². The van der Waals surface area contributed by atoms with Crippen molar-refractivity contribution in [2.24, 2.45) is 0 Å². The first-order chi connectivity index (χ1) is 41.6. The zero-order chi connectivity index (χ0) is 55.6. The summed E-state index contributed by atoms with van der Waals surface area (Å²) in [6, 6.07) is 127. The van der Waals surface area contributed by atoms with Crippen LogP contribution in [0.5, 0.6) is 0 Å². The van der Waals surface area contributed by atoms with Gasteiger partial charge in [-0.2, -0.15) is 0 Å². The second kappa shape index (κ2) is 20.1. The van der Waals surface area contributed by atoms with Crippen LogP contribution in [0.1, 0.15) is 44.5 Å². The molecule has 0 bridgehead atoms. The molecule has 0 fully saturated rings. The van der Waals surface area contributed by atoms with Gasteiger partial charge in [0.05, 0.1) is 10.8 Å². The lowest BCUT2D eigenvalue weighted by molar-refractivity contribution is 0.759. The summed E-state index contributed by atoms with van der Waals surface area (Å²) in [6.07, 6.45) is 0. The van der Waals surface area contributed by atoms with Gasteiger partial charge in [0.15, 0.2) is 0 Å². The van der Waals surface area contributed by atoms with Crippen LogP contribution in [-0.2, 0) is 10.8 Å². The molecule has 0 heteroatoms. The highest BCUT2D eigenvalue weighted by Gasteiger charge is 2.52. The molecule has 392 valence electrons. The summed E-state index contributed by atoms with van der Waals surface area (Å²) in [5, 5.41) is 2.48. The Morgan fingerprint density at radius 3 is 0.833 bits per heavy atom. The highest BCUT2D eigenvalue weighted by Crippen LogP contribution is 2.64. The molecule has 0 saturated carbocycles. The van der Waals surface area contributed by atoms with Crippen LogP contribution in [0.25, 0.3) is 99.8 Å². The minimum Gasteiger partial charge on any atom is -0.0622 e. The first-order valence-corrected chi connectivity index (χ1v) is 29.3. The van der Waals surface area contributed by atoms with Crippen molar-refractivity contribution in [1.29, 1.82) is 0 Å². The number of rotatable bonds is 10. The maximum Gasteiger partial charge on any atom is 0.0714 e. The van der Waals surface area contributed by atoms with Crippen LogP contribution in [0.3, 0.4) is 0 Å². The summed E-state index contributed by atoms with van der Waals surface area (Å²) < 4.78 is 0. The summed E-state index contributed by atoms with van der Waals surface area (Å²) in [5.41, 5.74) is 27.9. The molecule has 0 nitrogen and oxygen atoms in total. The fraction of sp³-hybridized carbons (Fsp3) is 0.0238. The minimum atomic E-state index is -0.762. The van der Waals surface area contributed by atoms with Crippen LogP contribution in [0, 0.1) is 0 Å². The molecule has 0 spiro atoms. The third-order valence-electron chi connectivity index (χ3n) is 18.3. The Hall–Kier alpha value is -10.7. The van der Waals surface area contributed by atoms with Gasteiger partial charge in [0, 0.05) is 0 Å². The standard InChI is InChI=1S/C84H56/c1-7-21-57(22-8-1)62-35-44-68(45-36-62)83(69-46-37-63(38-47-69)58-23-9-2-10-24-58)78-53-67(61-29-15-5-16-30-61)43-52-73(78)76-55-80-77(56-79(76)83)82-74-34-20-19-33-72(74)75(66-31-17-6-18-32-66)54-81(82)84(80,70-48-39-64(40-49-70)59-25-11-3-12-26-59)71-50-41-65(42-51-71)60-27-13-4-14-28-60/h1-56H. The SMILES string of the molecule is c1ccc(-c2ccc(C3(c4ccc(-c5ccccc5)cc4)c4cc(-c5ccccc5)ccc4-c4cc5c(cc43)-c3c(cc(-c4ccccc4)c4ccccc34)C5(c3ccc(-c4ccccc4)cc3)c3ccc(-c4ccccc4)cc3)cc2)cc1. The highest BCUT2D eigenvalue weighted by atomic mass is 14.5. The van der Waals surface area contributed by atoms with Crippen molar-refractivity contribution in [2.45, 2.75) is 10.8 Å². The van der Waals surface area contributed by atoms with Crippen molar-refractivity contribution < 1.29 is 0 Å². The lowest BCUT2D eigenvalue weighted by Crippen LogP contribution is -2.30. The normalized spacial score (nSPS) is 13.2. The van der Waals surface area contributed by atoms with Crippen LogP contribution in [0.2, 0.25) is 0 Å². The van der Waals surface area contributed by atoms with E-state index in [2.05, 4.69) is 340 Å². The van der Waals surface area contributed by atoms with E-state index < -0.39 is 10.8 Å². The lowest BCUT2D eigenvalue weighted by Gasteiger charge is -2.36. The van der Waals surface area contributed by atoms with Crippen LogP contribution in [0.4, 0.5) is 0 Å². The summed E-state index contributed by atoms with van der Waals surface area (Å²) >= 11 is 0. The third kappa shape index (κ3) is 7.76. The fourth-order valence-electron chi connectivity index (χ4n) is 14.4. The molecule has 0 N–H and O–H groups in total. The van der Waals surface area contributed by atoms with Gasteiger partial charge in [0.2, 0.25) is 0 Å². The maximum absolute atomic E-state index is 2.65. The molecule has 0 amide bonds. The summed E-state index contributed by atoms with van der Waals surface area (Å²) in [7, 11) is 0. The second-order valence-corrected chi connectivity index (χ2v) is 22.6. The van der Waals surface area contributed by atoms with Gasteiger partial charge in [-0.15, -0.1) is 0 Å². The summed E-state index contributed by atoms with van der Waals surface area (Å²) in [5.74, 6) is 0. The molecule has 0 saturated heterocycles. The molecule has 16 rings (SSSR count). The minimum absolute atomic E-state index is 0.741. The lowest BCUT2D eigenvalue weighted by atomic mass is 9.65. The third-order valence-corrected chi connectivity index (χ3v) is 18.3. The molecule has 14 aromatic carbocycles. The summed E-state index contributed by atoms with van der Waals surface area (Å²) in [4.78, 5) is 0. The molecule has 0 unspecified atom stereocenters. The van der Waals surface area contributed by atoms with E-state index in [0.29, 0.717) is 0 Å². The Kier molecular flexibility index (Phi) is 11.8. The average molecular weight is 1070 g/mol. The van der Waals surface area contributed by atoms with E-state index in [-0.39, 0.29) is 0 Å². The van der Waals surface area contributed by atoms with Crippen molar-refractivity contribution in [3.05, 3.63) is 384 Å². The average Bonchev–Trinajstić information content (AvgIpc) is 1.91. The first kappa shape index (κ1) is 49.2. The van der Waals surface area contributed by atoms with Gasteiger partial charge >= 0.3 is 0 Å². The Balaban J connectivity index is 1.05. The molecular formula is C84H56. The van der Waals surface area contributed by atoms with Gasteiger partial charge in [0.1, 0.15) is 0 Å². The quantitative estimate of drug-likeness (QED) is 0.128. The van der Waals surface area contributed by atoms with Gasteiger partial charge in [0.25, 0.3) is 0 Å². The molecular weight excluding hydrogens is 1010 g/mol. The molecule has 14 aromatic rings. The Morgan fingerprint density at radius 1 is 0.155 bits per heavy atom. The molecule has 0 radical (unpaired) electrons. The van der Waals surface area contributed by atoms with E-state index in [1.807, 2.05) is 0 Å². The van der Waals surface area contributed by atoms with Crippen molar-refractivity contribution in [3.63, 3.8) is 0 Å². The number of hydrogen-bond acceptors (Lipinski definition) is 0. The van der Waals surface area contributed by atoms with Gasteiger partial charge in [-0.3, -0.25) is 0 Å². The van der Waals surface area contributed by atoms with E-state index >= 15 is 0 Å². The van der Waals surface area contributed by atoms with Crippen LogP contribution in [-0.4, -0.2) is 0 Å². The second-order valence-electron chi connectivity index (χ2n) is 22.6. The van der Waals surface area contributed by atoms with Gasteiger partial charge in [-0.1, -0.05) is 315 Å². The molecule has 2 aliphatic carbocycles. The molecule has 0 aliphatic heterocycles. The van der Waals surface area contributed by atoms with Crippen LogP contribution < -0.4 is 0 Å². The monoisotopic (exact) mass is 1060 g/mol. The predicted octanol–water partition coefficient (Wildman–Crippen LogP) is 21.6. The van der Waals surface area contributed by atoms with E-state index in [9.17, 15) is 0 Å². The highest BCUT2D eigenvalue weighted by molar-refractivity contribution is 6.11. The van der Waals surface area contributed by atoms with Crippen LogP contribution in [0.15, 0.2) is 340 Å². The van der Waals surface area contributed by atoms with Crippen molar-refractivity contribution >= 4 is 10.8 Å². The van der Waals surface area contributed by atoms with E-state index in [0.717, 1.165) is 0 Å². The van der Waals surface area contributed by atoms with Crippen molar-refractivity contribution in [1.82, 2.24) is 0 Å². The van der Waals surface area contributed by atoms with E-state index in [1.54, 1.807) is 0 Å². The Bertz CT molecular complexity index is 4560. The van der Waals surface area contributed by atoms with E-state index in [1.165, 1.54) is 144 Å². The van der Waals surface area contributed by atoms with Gasteiger partial charge < -0.3 is 0 Å². The Morgan fingerprint density at radius 2 is 0.429 bits per heavy atom. The topological polar surface area (TPSA) is 0 Å². The van der Waals surface area contributed by atoms with Gasteiger partial charge in [-0.25, -0.2) is 0 Å². The smallest absolute Gasteiger partial charge is 0.0622 e. The van der Waals surface area contributed by atoms with Gasteiger partial charge in [-0.05, 0) is 169 Å². The molecule has 0 aromatic heterocycles. The predicted molar refractivity (Wildman–Crippen MR) is 351 cm³/mol.